The lowest BCUT2D eigenvalue weighted by Gasteiger charge is -2.47. The molecule has 77 heavy (non-hydrogen) atoms. The Hall–Kier alpha value is -6.87. The van der Waals surface area contributed by atoms with Crippen LogP contribution in [-0.4, -0.2) is 166 Å². The van der Waals surface area contributed by atoms with E-state index in [4.69, 9.17) is 17.3 Å². The number of rotatable bonds is 10. The first-order valence-electron chi connectivity index (χ1n) is 26.1. The minimum atomic E-state index is -0.499. The molecule has 27 heteroatoms. The third kappa shape index (κ3) is 11.4. The van der Waals surface area contributed by atoms with Gasteiger partial charge in [0.25, 0.3) is 0 Å². The van der Waals surface area contributed by atoms with E-state index in [2.05, 4.69) is 94.2 Å². The maximum atomic E-state index is 14.8. The van der Waals surface area contributed by atoms with E-state index in [1.807, 2.05) is 28.0 Å². The van der Waals surface area contributed by atoms with Gasteiger partial charge in [0.05, 0.1) is 47.4 Å². The highest BCUT2D eigenvalue weighted by molar-refractivity contribution is 6.28. The van der Waals surface area contributed by atoms with Crippen molar-refractivity contribution in [3.05, 3.63) is 86.7 Å². The summed E-state index contributed by atoms with van der Waals surface area (Å²) in [5.74, 6) is -0.318. The molecule has 0 aliphatic carbocycles. The van der Waals surface area contributed by atoms with E-state index in [-0.39, 0.29) is 57.8 Å². The van der Waals surface area contributed by atoms with Crippen molar-refractivity contribution < 1.29 is 19.0 Å². The zero-order chi connectivity index (χ0) is 54.5. The number of nitrogens with one attached hydrogen (secondary N) is 3. The molecule has 412 valence electrons. The van der Waals surface area contributed by atoms with Crippen LogP contribution >= 0.6 is 11.6 Å². The van der Waals surface area contributed by atoms with Crippen molar-refractivity contribution in [1.29, 1.82) is 0 Å². The summed E-state index contributed by atoms with van der Waals surface area (Å²) >= 11 is 5.74. The first-order chi connectivity index (χ1) is 36.7. The first-order valence-corrected chi connectivity index (χ1v) is 26.5. The second kappa shape index (κ2) is 21.5. The monoisotopic (exact) mass is 1080 g/mol. The number of aliphatic hydroxyl groups excluding tert-OH is 2. The van der Waals surface area contributed by atoms with E-state index in [0.29, 0.717) is 61.0 Å². The molecule has 0 radical (unpaired) electrons. The van der Waals surface area contributed by atoms with Gasteiger partial charge in [0, 0.05) is 86.9 Å². The van der Waals surface area contributed by atoms with Gasteiger partial charge < -0.3 is 41.7 Å². The molecule has 4 aromatic heterocycles. The van der Waals surface area contributed by atoms with E-state index >= 15 is 0 Å². The summed E-state index contributed by atoms with van der Waals surface area (Å²) in [7, 11) is 3.06. The number of nitrogens with zero attached hydrogens (tertiary/aromatic N) is 16. The lowest BCUT2D eigenvalue weighted by atomic mass is 9.84. The van der Waals surface area contributed by atoms with Crippen molar-refractivity contribution in [2.45, 2.75) is 127 Å². The van der Waals surface area contributed by atoms with Crippen LogP contribution in [0.4, 0.5) is 49.1 Å². The number of nitrogen functional groups attached to an aromatic ring is 1. The average Bonchev–Trinajstić information content (AvgIpc) is 4.19. The molecule has 0 amide bonds. The Morgan fingerprint density at radius 2 is 1.14 bits per heavy atom. The molecular weight excluding hydrogens is 1020 g/mol. The second-order valence-corrected chi connectivity index (χ2v) is 22.5. The maximum Gasteiger partial charge on any atom is 0.368 e. The molecule has 6 saturated heterocycles. The molecule has 6 aromatic rings. The number of halogens is 3. The van der Waals surface area contributed by atoms with Gasteiger partial charge in [-0.15, -0.1) is 0 Å². The topological polar surface area (TPSA) is 273 Å². The molecule has 4 atom stereocenters. The van der Waals surface area contributed by atoms with Crippen molar-refractivity contribution in [1.82, 2.24) is 69.3 Å². The standard InChI is InChI=1S/C25H33FN10O2.C14H20ClFN4.C11H14N6O2/c1-25(2)11-16(9-17-5-4-8-35(17)25)28-22-19(26)12-27-23(30-22)29-15-6-7-20(34-13-18(37)14-34)21(10-15)36-24(38)33(3)31-32-36;1-14(2)7-9(6-10-4-3-5-20(10)14)18-12-11(16)8-17-13(15)19-12;1-15-11(19)17(14-13-15)10-4-7(12)2-3-9(10)16-5-8(18)6-16/h6-7,10,12,16-18,37H,4-5,8-9,11,13-14H2,1-3H3,(H2,27,28,29,30);8-10H,3-7H2,1-2H3,(H,17,18,19);2-4,8,18H,5-6,12H2,1H3/t16-,17+;9-,10+;/m11./s1. The highest BCUT2D eigenvalue weighted by Gasteiger charge is 2.44. The number of aliphatic hydroxyl groups is 2. The number of hydrogen-bond donors (Lipinski definition) is 6. The molecule has 0 bridgehead atoms. The third-order valence-electron chi connectivity index (χ3n) is 15.6. The number of β-amino-alcohol motifs (C(OH)–C–C–N with tert-alkyl or cyclic N) is 2. The molecule has 10 heterocycles. The maximum absolute atomic E-state index is 14.8. The predicted molar refractivity (Wildman–Crippen MR) is 287 cm³/mol. The van der Waals surface area contributed by atoms with E-state index in [1.165, 1.54) is 55.7 Å². The Labute approximate surface area is 448 Å². The molecule has 0 spiro atoms. The Bertz CT molecular complexity index is 3210. The van der Waals surface area contributed by atoms with Crippen molar-refractivity contribution in [3.8, 4) is 11.4 Å². The fourth-order valence-electron chi connectivity index (χ4n) is 12.0. The Balaban J connectivity index is 0.000000145. The molecular formula is C50H67ClF2N20O4. The lowest BCUT2D eigenvalue weighted by Crippen LogP contribution is -2.55. The molecule has 0 unspecified atom stereocenters. The Morgan fingerprint density at radius 1 is 0.662 bits per heavy atom. The van der Waals surface area contributed by atoms with Gasteiger partial charge in [-0.1, -0.05) is 0 Å². The quantitative estimate of drug-likeness (QED) is 0.0847. The van der Waals surface area contributed by atoms with Crippen LogP contribution in [0.1, 0.15) is 79.1 Å². The molecule has 24 nitrogen and oxygen atoms in total. The van der Waals surface area contributed by atoms with Gasteiger partial charge in [0.1, 0.15) is 0 Å². The number of hydrogen-bond acceptors (Lipinski definition) is 20. The number of aryl methyl sites for hydroxylation is 2. The summed E-state index contributed by atoms with van der Waals surface area (Å²) in [6, 6.07) is 12.1. The fourth-order valence-corrected chi connectivity index (χ4v) is 12.1. The number of tetrazole rings is 2. The van der Waals surface area contributed by atoms with Crippen LogP contribution in [0.15, 0.2) is 58.4 Å². The number of anilines is 7. The zero-order valence-electron chi connectivity index (χ0n) is 44.1. The van der Waals surface area contributed by atoms with Crippen LogP contribution in [0, 0.1) is 11.6 Å². The molecule has 6 aliphatic rings. The number of fused-ring (bicyclic) bond motifs is 2. The van der Waals surface area contributed by atoms with Crippen LogP contribution in [-0.2, 0) is 14.1 Å². The van der Waals surface area contributed by atoms with Crippen molar-refractivity contribution in [3.63, 3.8) is 0 Å². The predicted octanol–water partition coefficient (Wildman–Crippen LogP) is 3.45. The highest BCUT2D eigenvalue weighted by Crippen LogP contribution is 2.40. The van der Waals surface area contributed by atoms with Crippen LogP contribution in [0.2, 0.25) is 5.28 Å². The van der Waals surface area contributed by atoms with Crippen LogP contribution in [0.3, 0.4) is 0 Å². The van der Waals surface area contributed by atoms with Crippen molar-refractivity contribution in [2.24, 2.45) is 14.1 Å². The van der Waals surface area contributed by atoms with Gasteiger partial charge in [0.15, 0.2) is 23.3 Å². The summed E-state index contributed by atoms with van der Waals surface area (Å²) in [6.45, 7) is 13.3. The van der Waals surface area contributed by atoms with E-state index < -0.39 is 23.4 Å². The van der Waals surface area contributed by atoms with E-state index in [9.17, 15) is 28.6 Å². The summed E-state index contributed by atoms with van der Waals surface area (Å²) in [6.07, 6.45) is 10.3. The molecule has 6 fully saturated rings. The summed E-state index contributed by atoms with van der Waals surface area (Å²) in [5.41, 5.74) is 8.99. The number of piperidine rings is 2. The van der Waals surface area contributed by atoms with Crippen molar-refractivity contribution >= 4 is 51.9 Å². The molecule has 0 saturated carbocycles. The first kappa shape index (κ1) is 53.5. The van der Waals surface area contributed by atoms with Crippen LogP contribution in [0.5, 0.6) is 0 Å². The minimum absolute atomic E-state index is 0.0464. The summed E-state index contributed by atoms with van der Waals surface area (Å²) < 4.78 is 33.2. The fraction of sp³-hybridized carbons (Fsp3) is 0.560. The molecule has 6 aliphatic heterocycles. The molecule has 7 N–H and O–H groups in total. The second-order valence-electron chi connectivity index (χ2n) is 22.2. The van der Waals surface area contributed by atoms with Gasteiger partial charge in [-0.2, -0.15) is 28.7 Å². The SMILES string of the molecule is CC1(C)C[C@H](Nc2nc(Cl)ncc2F)C[C@@H]2CCCN21.Cn1nnn(-c2cc(N)ccc2N2CC(O)C2)c1=O.Cn1nnn(-c2cc(Nc3ncc(F)c(N[C@@H]4C[C@@H]5CCCN5C(C)(C)C4)n3)ccc2N2CC(O)C2)c1=O. The molecule has 12 rings (SSSR count). The van der Waals surface area contributed by atoms with Gasteiger partial charge in [-0.05, 0) is 161 Å². The zero-order valence-corrected chi connectivity index (χ0v) is 44.8. The van der Waals surface area contributed by atoms with Gasteiger partial charge in [-0.3, -0.25) is 9.80 Å². The highest BCUT2D eigenvalue weighted by atomic mass is 35.5. The van der Waals surface area contributed by atoms with E-state index in [0.717, 1.165) is 65.4 Å². The smallest absolute Gasteiger partial charge is 0.368 e. The van der Waals surface area contributed by atoms with Crippen molar-refractivity contribution in [2.75, 3.05) is 70.8 Å². The summed E-state index contributed by atoms with van der Waals surface area (Å²) in [5, 5.41) is 44.3. The van der Waals surface area contributed by atoms with Gasteiger partial charge in [-0.25, -0.2) is 28.3 Å². The average molecular weight is 1090 g/mol. The number of nitrogens with two attached hydrogens (primary N) is 1. The largest absolute Gasteiger partial charge is 0.399 e. The Kier molecular flexibility index (Phi) is 15.0. The third-order valence-corrected chi connectivity index (χ3v) is 15.8. The molecule has 2 aromatic carbocycles. The lowest BCUT2D eigenvalue weighted by molar-refractivity contribution is 0.0498. The number of aromatic nitrogens is 12. The van der Waals surface area contributed by atoms with Gasteiger partial charge in [0.2, 0.25) is 11.2 Å². The van der Waals surface area contributed by atoms with Gasteiger partial charge >= 0.3 is 11.4 Å². The van der Waals surface area contributed by atoms with Crippen LogP contribution < -0.4 is 42.9 Å². The number of benzene rings is 2. The minimum Gasteiger partial charge on any atom is -0.399 e. The summed E-state index contributed by atoms with van der Waals surface area (Å²) in [4.78, 5) is 49.8. The van der Waals surface area contributed by atoms with E-state index in [1.54, 1.807) is 18.2 Å². The Morgan fingerprint density at radius 3 is 1.64 bits per heavy atom. The van der Waals surface area contributed by atoms with Crippen LogP contribution in [0.25, 0.3) is 11.4 Å². The normalized spacial score (nSPS) is 22.9.